The Labute approximate surface area is 180 Å². The van der Waals surface area contributed by atoms with Crippen LogP contribution in [0.2, 0.25) is 23.2 Å². The second-order valence-corrected chi connectivity index (χ2v) is 16.4. The Morgan fingerprint density at radius 2 is 1.41 bits per heavy atom. The fraction of sp³-hybridized carbons (Fsp3) is 0.905. The summed E-state index contributed by atoms with van der Waals surface area (Å²) in [4.78, 5) is 23.5. The topological polar surface area (TPSA) is 73.9 Å². The minimum Gasteiger partial charge on any atom is -0.441 e. The van der Waals surface area contributed by atoms with Crippen LogP contribution >= 0.6 is 0 Å². The number of carbonyl (C=O) groups excluding carboxylic acids is 2. The summed E-state index contributed by atoms with van der Waals surface area (Å²) < 4.78 is 18.4. The number of carbonyl (C=O) groups is 2. The molecule has 4 unspecified atom stereocenters. The van der Waals surface area contributed by atoms with Crippen LogP contribution in [0.25, 0.3) is 0 Å². The van der Waals surface area contributed by atoms with Gasteiger partial charge in [-0.1, -0.05) is 55.4 Å². The first-order valence-corrected chi connectivity index (χ1v) is 15.3. The molecule has 1 N–H and O–H groups in total. The lowest BCUT2D eigenvalue weighted by Crippen LogP contribution is -2.61. The number of rotatable bonds is 11. The summed E-state index contributed by atoms with van der Waals surface area (Å²) in [6.45, 7) is 23.7. The summed E-state index contributed by atoms with van der Waals surface area (Å²) in [6, 6.07) is 0. The Morgan fingerprint density at radius 1 is 1.00 bits per heavy atom. The van der Waals surface area contributed by atoms with E-state index in [-0.39, 0.29) is 16.0 Å². The summed E-state index contributed by atoms with van der Waals surface area (Å²) in [6.07, 6.45) is -0.607. The number of ether oxygens (including phenoxy) is 1. The number of hydrogen-bond acceptors (Lipinski definition) is 5. The van der Waals surface area contributed by atoms with E-state index in [0.717, 1.165) is 0 Å². The van der Waals surface area contributed by atoms with E-state index < -0.39 is 42.5 Å². The van der Waals surface area contributed by atoms with Gasteiger partial charge in [-0.05, 0) is 35.0 Å². The largest absolute Gasteiger partial charge is 0.441 e. The van der Waals surface area contributed by atoms with Crippen molar-refractivity contribution >= 4 is 30.0 Å². The molecule has 4 atom stereocenters. The molecule has 29 heavy (non-hydrogen) atoms. The predicted octanol–water partition coefficient (Wildman–Crippen LogP) is 3.95. The molecule has 1 heterocycles. The highest BCUT2D eigenvalue weighted by Gasteiger charge is 2.45. The normalized spacial score (nSPS) is 23.4. The summed E-state index contributed by atoms with van der Waals surface area (Å²) >= 11 is 0. The van der Waals surface area contributed by atoms with Gasteiger partial charge in [0.1, 0.15) is 6.29 Å². The Balaban J connectivity index is 2.99. The van der Waals surface area contributed by atoms with Gasteiger partial charge in [0.25, 0.3) is 0 Å². The quantitative estimate of drug-likeness (QED) is 0.226. The van der Waals surface area contributed by atoms with Crippen molar-refractivity contribution in [3.05, 3.63) is 0 Å². The van der Waals surface area contributed by atoms with Gasteiger partial charge in [0.2, 0.25) is 5.91 Å². The van der Waals surface area contributed by atoms with Gasteiger partial charge in [0.05, 0.1) is 5.92 Å². The van der Waals surface area contributed by atoms with Gasteiger partial charge in [-0.3, -0.25) is 9.59 Å². The fourth-order valence-corrected chi connectivity index (χ4v) is 6.97. The Hall–Kier alpha value is -0.706. The van der Waals surface area contributed by atoms with Crippen molar-refractivity contribution in [3.63, 3.8) is 0 Å². The van der Waals surface area contributed by atoms with E-state index in [4.69, 9.17) is 13.6 Å². The summed E-state index contributed by atoms with van der Waals surface area (Å²) in [5.74, 6) is 0.0597. The molecule has 0 saturated carbocycles. The van der Waals surface area contributed by atoms with E-state index in [0.29, 0.717) is 18.3 Å². The van der Waals surface area contributed by atoms with Crippen molar-refractivity contribution in [2.75, 3.05) is 0 Å². The number of nitrogens with one attached hydrogen (secondary N) is 1. The molecule has 0 bridgehead atoms. The Morgan fingerprint density at radius 3 is 1.72 bits per heavy atom. The van der Waals surface area contributed by atoms with Gasteiger partial charge in [0.15, 0.2) is 24.3 Å². The van der Waals surface area contributed by atoms with Crippen molar-refractivity contribution < 1.29 is 23.2 Å². The second-order valence-electron chi connectivity index (χ2n) is 10.3. The van der Waals surface area contributed by atoms with Crippen molar-refractivity contribution in [2.24, 2.45) is 17.8 Å². The lowest BCUT2D eigenvalue weighted by molar-refractivity contribution is -0.172. The summed E-state index contributed by atoms with van der Waals surface area (Å²) in [5, 5.41) is 2.85. The smallest absolute Gasteiger partial charge is 0.304 e. The lowest BCUT2D eigenvalue weighted by atomic mass is 9.95. The molecule has 1 saturated heterocycles. The van der Waals surface area contributed by atoms with Crippen LogP contribution in [-0.2, 0) is 23.2 Å². The van der Waals surface area contributed by atoms with Gasteiger partial charge in [-0.15, -0.1) is 0 Å². The highest BCUT2D eigenvalue weighted by molar-refractivity contribution is 6.55. The van der Waals surface area contributed by atoms with Crippen LogP contribution in [0.1, 0.15) is 68.7 Å². The number of hydrogen-bond donors (Lipinski definition) is 1. The first-order chi connectivity index (χ1) is 13.1. The maximum absolute atomic E-state index is 12.1. The minimum absolute atomic E-state index is 0.0944. The third-order valence-electron chi connectivity index (χ3n) is 7.51. The van der Waals surface area contributed by atoms with E-state index in [9.17, 15) is 9.59 Å². The lowest BCUT2D eigenvalue weighted by Gasteiger charge is -2.42. The molecule has 1 aliphatic rings. The zero-order valence-electron chi connectivity index (χ0n) is 20.3. The molecule has 1 amide bonds. The SMILES string of the molecule is CC(=O)OC1NC(=O)C1CC(O[SiH](C)C(C)(C)C(C)C)O[SiH](C)C(C)(C)C(C)C. The monoisotopic (exact) mass is 445 g/mol. The molecule has 0 aromatic carbocycles. The number of amides is 1. The molecule has 0 aliphatic carbocycles. The van der Waals surface area contributed by atoms with E-state index >= 15 is 0 Å². The van der Waals surface area contributed by atoms with Gasteiger partial charge in [0, 0.05) is 13.3 Å². The molecule has 6 nitrogen and oxygen atoms in total. The van der Waals surface area contributed by atoms with E-state index in [1.54, 1.807) is 0 Å². The van der Waals surface area contributed by atoms with Crippen molar-refractivity contribution in [2.45, 2.75) is 104 Å². The molecule has 1 fully saturated rings. The molecule has 0 spiro atoms. The van der Waals surface area contributed by atoms with Gasteiger partial charge in [-0.2, -0.15) is 0 Å². The number of β-lactam (4-membered cyclic amide) rings is 1. The van der Waals surface area contributed by atoms with Crippen LogP contribution in [0.5, 0.6) is 0 Å². The first-order valence-electron chi connectivity index (χ1n) is 10.9. The van der Waals surface area contributed by atoms with Crippen LogP contribution in [0.15, 0.2) is 0 Å². The molecule has 0 aromatic heterocycles. The average Bonchev–Trinajstić information content (AvgIpc) is 2.58. The molecular formula is C21H43NO5Si2. The Kier molecular flexibility index (Phi) is 9.14. The molecule has 0 radical (unpaired) electrons. The standard InChI is InChI=1S/C21H43NO5Si2/c1-13(2)20(6,7)28(10)26-17(27-29(11)21(8,9)14(3)4)12-16-18(24)22-19(16)25-15(5)23/h13-14,16-17,19,28-29H,12H2,1-11H3,(H,22,24). The van der Waals surface area contributed by atoms with Crippen LogP contribution in [0.4, 0.5) is 0 Å². The van der Waals surface area contributed by atoms with Crippen LogP contribution < -0.4 is 5.32 Å². The summed E-state index contributed by atoms with van der Waals surface area (Å²) in [5.41, 5.74) is 0. The minimum atomic E-state index is -1.62. The Bertz CT molecular complexity index is 551. The molecule has 1 rings (SSSR count). The predicted molar refractivity (Wildman–Crippen MR) is 122 cm³/mol. The van der Waals surface area contributed by atoms with Crippen molar-refractivity contribution in [1.29, 1.82) is 0 Å². The first kappa shape index (κ1) is 26.3. The third-order valence-corrected chi connectivity index (χ3v) is 14.5. The van der Waals surface area contributed by atoms with Crippen molar-refractivity contribution in [1.82, 2.24) is 5.32 Å². The van der Waals surface area contributed by atoms with Crippen LogP contribution in [-0.4, -0.2) is 42.5 Å². The zero-order valence-corrected chi connectivity index (χ0v) is 22.6. The maximum Gasteiger partial charge on any atom is 0.304 e. The van der Waals surface area contributed by atoms with E-state index in [2.05, 4.69) is 73.8 Å². The van der Waals surface area contributed by atoms with E-state index in [1.807, 2.05) is 0 Å². The molecule has 1 aliphatic heterocycles. The highest BCUT2D eigenvalue weighted by Crippen LogP contribution is 2.41. The molecule has 0 aromatic rings. The van der Waals surface area contributed by atoms with Gasteiger partial charge >= 0.3 is 5.97 Å². The van der Waals surface area contributed by atoms with Gasteiger partial charge < -0.3 is 18.9 Å². The second kappa shape index (κ2) is 10.1. The van der Waals surface area contributed by atoms with Gasteiger partial charge in [-0.25, -0.2) is 0 Å². The molecule has 170 valence electrons. The molecule has 8 heteroatoms. The van der Waals surface area contributed by atoms with Crippen LogP contribution in [0.3, 0.4) is 0 Å². The maximum atomic E-state index is 12.1. The zero-order chi connectivity index (χ0) is 22.7. The van der Waals surface area contributed by atoms with Crippen LogP contribution in [0, 0.1) is 17.8 Å². The summed E-state index contributed by atoms with van der Waals surface area (Å²) in [7, 11) is -3.24. The molecular weight excluding hydrogens is 402 g/mol. The van der Waals surface area contributed by atoms with E-state index in [1.165, 1.54) is 6.92 Å². The average molecular weight is 446 g/mol. The highest BCUT2D eigenvalue weighted by atomic mass is 28.3. The van der Waals surface area contributed by atoms with Crippen molar-refractivity contribution in [3.8, 4) is 0 Å². The fourth-order valence-electron chi connectivity index (χ4n) is 3.01. The third kappa shape index (κ3) is 6.64. The number of esters is 1.